The monoisotopic (exact) mass is 622 g/mol. The Morgan fingerprint density at radius 3 is 1.56 bits per heavy atom. The van der Waals surface area contributed by atoms with Crippen LogP contribution < -0.4 is 38.5 Å². The van der Waals surface area contributed by atoms with Gasteiger partial charge in [0.15, 0.2) is 0 Å². The predicted molar refractivity (Wildman–Crippen MR) is 160 cm³/mol. The summed E-state index contributed by atoms with van der Waals surface area (Å²) in [5, 5.41) is 45.5. The topological polar surface area (TPSA) is 313 Å². The van der Waals surface area contributed by atoms with Crippen molar-refractivity contribution in [2.75, 3.05) is 16.6 Å². The fourth-order valence-corrected chi connectivity index (χ4v) is 3.83. The molecule has 0 saturated carbocycles. The van der Waals surface area contributed by atoms with Crippen LogP contribution in [0, 0.1) is 20.2 Å². The molecule has 19 heteroatoms. The molecule has 0 aliphatic heterocycles. The molecule has 0 aliphatic carbocycles. The van der Waals surface area contributed by atoms with E-state index in [1.165, 1.54) is 24.3 Å². The first-order valence-corrected chi connectivity index (χ1v) is 12.5. The molecule has 0 spiro atoms. The van der Waals surface area contributed by atoms with Crippen LogP contribution >= 0.6 is 0 Å². The number of carboxylic acid groups (broad SMARTS) is 2. The maximum absolute atomic E-state index is 12.7. The third kappa shape index (κ3) is 7.63. The van der Waals surface area contributed by atoms with Crippen LogP contribution in [0.5, 0.6) is 0 Å². The SMILES string of the molecule is CCNC(=O)c1cc(/C(N)=C/N(N)c2ccc(C(=O)O)c([N+](=O)[O-])c2)nc(/C(N)=C/N(N)c2ccc(C(=O)O)c([N+](=O)[O-])c2)c1. The summed E-state index contributed by atoms with van der Waals surface area (Å²) in [6.45, 7) is 1.96. The van der Waals surface area contributed by atoms with Gasteiger partial charge < -0.3 is 27.0 Å². The van der Waals surface area contributed by atoms with Crippen LogP contribution in [0.4, 0.5) is 22.7 Å². The second-order valence-corrected chi connectivity index (χ2v) is 9.00. The van der Waals surface area contributed by atoms with Crippen molar-refractivity contribution in [3.05, 3.63) is 109 Å². The van der Waals surface area contributed by atoms with Crippen molar-refractivity contribution in [3.8, 4) is 0 Å². The summed E-state index contributed by atoms with van der Waals surface area (Å²) in [7, 11) is 0. The number of carbonyl (C=O) groups excluding carboxylic acids is 1. The number of carboxylic acids is 2. The van der Waals surface area contributed by atoms with Crippen molar-refractivity contribution < 1.29 is 34.4 Å². The molecule has 1 aromatic heterocycles. The van der Waals surface area contributed by atoms with Crippen molar-refractivity contribution in [2.24, 2.45) is 23.2 Å². The Morgan fingerprint density at radius 1 is 0.822 bits per heavy atom. The van der Waals surface area contributed by atoms with Crippen LogP contribution in [0.3, 0.4) is 0 Å². The molecule has 1 heterocycles. The average molecular weight is 623 g/mol. The lowest BCUT2D eigenvalue weighted by Crippen LogP contribution is -2.27. The standard InChI is InChI=1S/C26H26N10O9/c1-2-31-24(37)13-7-20(18(27)11-33(29)14-3-5-16(25(38)39)22(9-14)35(42)43)32-21(8-13)19(28)12-34(30)15-4-6-17(26(40)41)23(10-15)36(44)45/h3-12H,2,27-30H2,1H3,(H,31,37)(H,38,39)(H,40,41)/b18-11-,19-12-. The number of anilines is 2. The number of carbonyl (C=O) groups is 3. The lowest BCUT2D eigenvalue weighted by atomic mass is 10.1. The number of nitro groups is 2. The van der Waals surface area contributed by atoms with Gasteiger partial charge in [0.25, 0.3) is 17.3 Å². The van der Waals surface area contributed by atoms with Gasteiger partial charge in [-0.25, -0.2) is 26.3 Å². The summed E-state index contributed by atoms with van der Waals surface area (Å²) in [6.07, 6.45) is 2.23. The molecule has 3 rings (SSSR count). The molecule has 3 aromatic rings. The van der Waals surface area contributed by atoms with Crippen molar-refractivity contribution in [1.29, 1.82) is 0 Å². The summed E-state index contributed by atoms with van der Waals surface area (Å²) < 4.78 is 0. The van der Waals surface area contributed by atoms with Crippen LogP contribution in [-0.2, 0) is 0 Å². The molecule has 0 fully saturated rings. The molecule has 2 aromatic carbocycles. The predicted octanol–water partition coefficient (Wildman–Crippen LogP) is 1.32. The summed E-state index contributed by atoms with van der Waals surface area (Å²) in [5.41, 5.74) is 9.58. The zero-order valence-electron chi connectivity index (χ0n) is 23.3. The number of nitrogens with one attached hydrogen (secondary N) is 1. The Hall–Kier alpha value is -6.60. The summed E-state index contributed by atoms with van der Waals surface area (Å²) in [5.74, 6) is 8.49. The highest BCUT2D eigenvalue weighted by molar-refractivity contribution is 5.96. The molecule has 0 atom stereocenters. The number of pyridine rings is 1. The number of aromatic nitrogens is 1. The number of aromatic carboxylic acids is 2. The highest BCUT2D eigenvalue weighted by Crippen LogP contribution is 2.27. The molecule has 0 saturated heterocycles. The van der Waals surface area contributed by atoms with Gasteiger partial charge in [-0.2, -0.15) is 0 Å². The van der Waals surface area contributed by atoms with E-state index < -0.39 is 50.2 Å². The van der Waals surface area contributed by atoms with Crippen LogP contribution in [0.25, 0.3) is 11.4 Å². The van der Waals surface area contributed by atoms with E-state index in [0.29, 0.717) is 0 Å². The second kappa shape index (κ2) is 13.6. The van der Waals surface area contributed by atoms with Gasteiger partial charge in [0.1, 0.15) is 11.1 Å². The zero-order valence-corrected chi connectivity index (χ0v) is 23.3. The van der Waals surface area contributed by atoms with Crippen LogP contribution in [0.2, 0.25) is 0 Å². The smallest absolute Gasteiger partial charge is 0.342 e. The van der Waals surface area contributed by atoms with Crippen LogP contribution in [0.1, 0.15) is 49.4 Å². The number of amides is 1. The largest absolute Gasteiger partial charge is 0.477 e. The first-order chi connectivity index (χ1) is 21.1. The van der Waals surface area contributed by atoms with Gasteiger partial charge in [-0.15, -0.1) is 0 Å². The number of hydrogen-bond donors (Lipinski definition) is 7. The Morgan fingerprint density at radius 2 is 1.22 bits per heavy atom. The summed E-state index contributed by atoms with van der Waals surface area (Å²) in [6, 6.07) is 8.92. The molecule has 0 radical (unpaired) electrons. The molecule has 234 valence electrons. The summed E-state index contributed by atoms with van der Waals surface area (Å²) in [4.78, 5) is 60.7. The van der Waals surface area contributed by atoms with E-state index >= 15 is 0 Å². The molecular weight excluding hydrogens is 596 g/mol. The Balaban J connectivity index is 2.05. The number of nitrogens with zero attached hydrogens (tertiary/aromatic N) is 5. The summed E-state index contributed by atoms with van der Waals surface area (Å²) >= 11 is 0. The van der Waals surface area contributed by atoms with Crippen LogP contribution in [0.15, 0.2) is 60.9 Å². The number of benzene rings is 2. The van der Waals surface area contributed by atoms with Gasteiger partial charge in [0.05, 0.1) is 44.0 Å². The van der Waals surface area contributed by atoms with E-state index in [1.807, 2.05) is 0 Å². The van der Waals surface area contributed by atoms with E-state index in [2.05, 4.69) is 10.3 Å². The third-order valence-electron chi connectivity index (χ3n) is 5.99. The van der Waals surface area contributed by atoms with Gasteiger partial charge in [0, 0.05) is 36.6 Å². The minimum atomic E-state index is -1.51. The number of rotatable bonds is 12. The maximum Gasteiger partial charge on any atom is 0.342 e. The van der Waals surface area contributed by atoms with Crippen molar-refractivity contribution in [2.45, 2.75) is 6.92 Å². The number of hydrazine groups is 2. The number of hydrogen-bond acceptors (Lipinski definition) is 14. The van der Waals surface area contributed by atoms with Crippen molar-refractivity contribution >= 4 is 52.0 Å². The molecule has 1 amide bonds. The minimum absolute atomic E-state index is 0.00375. The zero-order chi connectivity index (χ0) is 33.6. The molecule has 11 N–H and O–H groups in total. The third-order valence-corrected chi connectivity index (χ3v) is 5.99. The number of nitro benzene ring substituents is 2. The fourth-order valence-electron chi connectivity index (χ4n) is 3.83. The second-order valence-electron chi connectivity index (χ2n) is 9.00. The minimum Gasteiger partial charge on any atom is -0.477 e. The van der Waals surface area contributed by atoms with Gasteiger partial charge in [-0.1, -0.05) is 0 Å². The van der Waals surface area contributed by atoms with E-state index in [0.717, 1.165) is 46.7 Å². The van der Waals surface area contributed by atoms with E-state index in [4.69, 9.17) is 23.2 Å². The van der Waals surface area contributed by atoms with Gasteiger partial charge in [0.2, 0.25) is 0 Å². The van der Waals surface area contributed by atoms with Gasteiger partial charge >= 0.3 is 11.9 Å². The van der Waals surface area contributed by atoms with Gasteiger partial charge in [-0.3, -0.25) is 35.0 Å². The molecular formula is C26H26N10O9. The fraction of sp³-hybridized carbons (Fsp3) is 0.0769. The Labute approximate surface area is 252 Å². The highest BCUT2D eigenvalue weighted by atomic mass is 16.6. The van der Waals surface area contributed by atoms with E-state index in [-0.39, 0.29) is 46.3 Å². The molecule has 0 unspecified atom stereocenters. The van der Waals surface area contributed by atoms with E-state index in [1.54, 1.807) is 6.92 Å². The molecule has 19 nitrogen and oxygen atoms in total. The molecule has 0 bridgehead atoms. The van der Waals surface area contributed by atoms with Crippen LogP contribution in [-0.4, -0.2) is 49.4 Å². The van der Waals surface area contributed by atoms with E-state index in [9.17, 15) is 44.8 Å². The number of nitrogens with two attached hydrogens (primary N) is 4. The quantitative estimate of drug-likeness (QED) is 0.0850. The maximum atomic E-state index is 12.7. The first-order valence-electron chi connectivity index (χ1n) is 12.5. The normalized spacial score (nSPS) is 11.4. The lowest BCUT2D eigenvalue weighted by Gasteiger charge is -2.17. The Bertz CT molecular complexity index is 1660. The molecule has 45 heavy (non-hydrogen) atoms. The first kappa shape index (κ1) is 32.9. The van der Waals surface area contributed by atoms with Crippen molar-refractivity contribution in [3.63, 3.8) is 0 Å². The van der Waals surface area contributed by atoms with Crippen molar-refractivity contribution in [1.82, 2.24) is 10.3 Å². The average Bonchev–Trinajstić information content (AvgIpc) is 2.99. The highest BCUT2D eigenvalue weighted by Gasteiger charge is 2.23. The lowest BCUT2D eigenvalue weighted by molar-refractivity contribution is -0.385. The van der Waals surface area contributed by atoms with Gasteiger partial charge in [-0.05, 0) is 43.3 Å². The molecule has 0 aliphatic rings. The Kier molecular flexibility index (Phi) is 9.93.